The molecule has 51 heavy (non-hydrogen) atoms. The maximum atomic E-state index is 3.68. The molecule has 0 saturated heterocycles. The second-order valence-corrected chi connectivity index (χ2v) is 17.0. The molecule has 0 N–H and O–H groups in total. The van der Waals surface area contributed by atoms with Gasteiger partial charge in [0.25, 0.3) is 0 Å². The van der Waals surface area contributed by atoms with Crippen LogP contribution in [0.3, 0.4) is 0 Å². The van der Waals surface area contributed by atoms with Crippen molar-refractivity contribution in [2.45, 2.75) is 57.8 Å². The van der Waals surface area contributed by atoms with Crippen molar-refractivity contribution >= 4 is 66.0 Å². The number of benzene rings is 6. The number of aryl methyl sites for hydroxylation is 2. The molecule has 0 aliphatic heterocycles. The van der Waals surface area contributed by atoms with Gasteiger partial charge in [0, 0.05) is 43.1 Å². The number of halogens is 2. The molecule has 2 unspecified atom stereocenters. The van der Waals surface area contributed by atoms with Gasteiger partial charge < -0.3 is 9.80 Å². The Kier molecular flexibility index (Phi) is 8.64. The first-order valence-electron chi connectivity index (χ1n) is 18.4. The Labute approximate surface area is 319 Å². The van der Waals surface area contributed by atoms with Crippen molar-refractivity contribution in [3.8, 4) is 11.1 Å². The summed E-state index contributed by atoms with van der Waals surface area (Å²) in [6.07, 6.45) is 6.95. The second-order valence-electron chi connectivity index (χ2n) is 15.2. The molecule has 2 nitrogen and oxygen atoms in total. The first-order chi connectivity index (χ1) is 24.8. The molecule has 4 bridgehead atoms. The summed E-state index contributed by atoms with van der Waals surface area (Å²) in [5.74, 6) is 3.23. The molecule has 0 aromatic heterocycles. The van der Waals surface area contributed by atoms with Crippen LogP contribution in [0.2, 0.25) is 0 Å². The summed E-state index contributed by atoms with van der Waals surface area (Å²) in [4.78, 5) is 4.80. The van der Waals surface area contributed by atoms with Gasteiger partial charge >= 0.3 is 0 Å². The zero-order valence-corrected chi connectivity index (χ0v) is 32.4. The van der Waals surface area contributed by atoms with Crippen molar-refractivity contribution in [3.63, 3.8) is 0 Å². The van der Waals surface area contributed by atoms with Crippen LogP contribution >= 0.6 is 31.9 Å². The lowest BCUT2D eigenvalue weighted by Crippen LogP contribution is -2.25. The van der Waals surface area contributed by atoms with Crippen molar-refractivity contribution in [1.82, 2.24) is 0 Å². The van der Waals surface area contributed by atoms with Gasteiger partial charge in [-0.25, -0.2) is 0 Å². The third kappa shape index (κ3) is 6.47. The molecular weight excluding hydrogens is 752 g/mol. The molecule has 10 rings (SSSR count). The van der Waals surface area contributed by atoms with Crippen molar-refractivity contribution in [1.29, 1.82) is 0 Å². The van der Waals surface area contributed by atoms with Crippen LogP contribution < -0.4 is 9.80 Å². The van der Waals surface area contributed by atoms with E-state index in [0.29, 0.717) is 5.92 Å². The van der Waals surface area contributed by atoms with Gasteiger partial charge in [-0.3, -0.25) is 0 Å². The van der Waals surface area contributed by atoms with Gasteiger partial charge in [0.1, 0.15) is 0 Å². The highest BCUT2D eigenvalue weighted by Gasteiger charge is 2.42. The SMILES string of the molecule is Cc1ccc(N(c2ccc(C)cc2)c2cc(-c3ccc4c(c3)C3CC5CC(CC4C5)C3)cc(N(c3ccc(Br)cc3)c3ccc(Br)cc3)c2)cc1. The molecule has 0 heterocycles. The molecule has 0 spiro atoms. The van der Waals surface area contributed by atoms with E-state index in [1.54, 1.807) is 11.1 Å². The van der Waals surface area contributed by atoms with E-state index in [4.69, 9.17) is 0 Å². The molecule has 6 aromatic rings. The fraction of sp³-hybridized carbons (Fsp3) is 0.234. The molecule has 0 radical (unpaired) electrons. The van der Waals surface area contributed by atoms with Crippen LogP contribution in [0.1, 0.15) is 66.2 Å². The van der Waals surface area contributed by atoms with E-state index in [2.05, 4.69) is 189 Å². The van der Waals surface area contributed by atoms with Crippen LogP contribution in [-0.2, 0) is 0 Å². The number of hydrogen-bond acceptors (Lipinski definition) is 2. The maximum Gasteiger partial charge on any atom is 0.0488 e. The summed E-state index contributed by atoms with van der Waals surface area (Å²) in [7, 11) is 0. The van der Waals surface area contributed by atoms with Crippen LogP contribution in [0, 0.1) is 25.7 Å². The topological polar surface area (TPSA) is 6.48 Å². The molecule has 4 aliphatic carbocycles. The van der Waals surface area contributed by atoms with Crippen LogP contribution in [0.25, 0.3) is 11.1 Å². The average Bonchev–Trinajstić information content (AvgIpc) is 3.31. The Morgan fingerprint density at radius 1 is 0.392 bits per heavy atom. The highest BCUT2D eigenvalue weighted by molar-refractivity contribution is 9.10. The molecule has 2 saturated carbocycles. The molecule has 4 heteroatoms. The summed E-state index contributed by atoms with van der Waals surface area (Å²) < 4.78 is 2.13. The predicted molar refractivity (Wildman–Crippen MR) is 222 cm³/mol. The molecule has 0 amide bonds. The third-order valence-electron chi connectivity index (χ3n) is 11.6. The molecule has 2 atom stereocenters. The van der Waals surface area contributed by atoms with Crippen molar-refractivity contribution < 1.29 is 0 Å². The Hall–Kier alpha value is -4.12. The monoisotopic (exact) mass is 792 g/mol. The van der Waals surface area contributed by atoms with Gasteiger partial charge in [0.15, 0.2) is 0 Å². The number of hydrogen-bond donors (Lipinski definition) is 0. The smallest absolute Gasteiger partial charge is 0.0488 e. The van der Waals surface area contributed by atoms with Gasteiger partial charge in [0.05, 0.1) is 0 Å². The lowest BCUT2D eigenvalue weighted by Gasteiger charge is -2.38. The zero-order chi connectivity index (χ0) is 34.6. The van der Waals surface area contributed by atoms with Crippen LogP contribution in [0.5, 0.6) is 0 Å². The van der Waals surface area contributed by atoms with E-state index in [0.717, 1.165) is 60.8 Å². The first-order valence-corrected chi connectivity index (χ1v) is 20.0. The lowest BCUT2D eigenvalue weighted by molar-refractivity contribution is 0.166. The third-order valence-corrected chi connectivity index (χ3v) is 12.7. The summed E-state index contributed by atoms with van der Waals surface area (Å²) >= 11 is 7.36. The largest absolute Gasteiger partial charge is 0.310 e. The van der Waals surface area contributed by atoms with Crippen LogP contribution in [0.4, 0.5) is 34.1 Å². The van der Waals surface area contributed by atoms with E-state index < -0.39 is 0 Å². The molecule has 254 valence electrons. The Morgan fingerprint density at radius 2 is 0.804 bits per heavy atom. The van der Waals surface area contributed by atoms with Gasteiger partial charge in [0.2, 0.25) is 0 Å². The van der Waals surface area contributed by atoms with Crippen LogP contribution in [-0.4, -0.2) is 0 Å². The zero-order valence-electron chi connectivity index (χ0n) is 29.2. The number of rotatable bonds is 7. The highest BCUT2D eigenvalue weighted by atomic mass is 79.9. The summed E-state index contributed by atoms with van der Waals surface area (Å²) in [5, 5.41) is 0. The normalized spacial score (nSPS) is 20.2. The van der Waals surface area contributed by atoms with E-state index in [1.807, 2.05) is 0 Å². The molecular formula is C47H42Br2N2. The van der Waals surface area contributed by atoms with Crippen molar-refractivity contribution in [3.05, 3.63) is 165 Å². The van der Waals surface area contributed by atoms with Crippen molar-refractivity contribution in [2.75, 3.05) is 9.80 Å². The lowest BCUT2D eigenvalue weighted by atomic mass is 9.67. The Morgan fingerprint density at radius 3 is 1.25 bits per heavy atom. The Bertz CT molecular complexity index is 1970. The minimum Gasteiger partial charge on any atom is -0.310 e. The van der Waals surface area contributed by atoms with Crippen molar-refractivity contribution in [2.24, 2.45) is 11.8 Å². The fourth-order valence-corrected chi connectivity index (χ4v) is 9.85. The van der Waals surface area contributed by atoms with E-state index in [-0.39, 0.29) is 0 Å². The highest BCUT2D eigenvalue weighted by Crippen LogP contribution is 2.56. The number of anilines is 6. The predicted octanol–water partition coefficient (Wildman–Crippen LogP) is 14.8. The van der Waals surface area contributed by atoms with Gasteiger partial charge in [-0.1, -0.05) is 85.5 Å². The molecule has 6 aromatic carbocycles. The van der Waals surface area contributed by atoms with Gasteiger partial charge in [-0.15, -0.1) is 0 Å². The van der Waals surface area contributed by atoms with E-state index >= 15 is 0 Å². The minimum absolute atomic E-state index is 0.692. The van der Waals surface area contributed by atoms with E-state index in [1.165, 1.54) is 54.4 Å². The first kappa shape index (κ1) is 32.8. The second kappa shape index (κ2) is 13.5. The fourth-order valence-electron chi connectivity index (χ4n) is 9.32. The van der Waals surface area contributed by atoms with Gasteiger partial charge in [-0.2, -0.15) is 0 Å². The number of nitrogens with zero attached hydrogens (tertiary/aromatic N) is 2. The quantitative estimate of drug-likeness (QED) is 0.159. The summed E-state index contributed by atoms with van der Waals surface area (Å²) in [6.45, 7) is 4.31. The average molecular weight is 795 g/mol. The van der Waals surface area contributed by atoms with E-state index in [9.17, 15) is 0 Å². The Balaban J connectivity index is 1.27. The van der Waals surface area contributed by atoms with Gasteiger partial charge in [-0.05, 0) is 183 Å². The minimum atomic E-state index is 0.692. The molecule has 2 fully saturated rings. The standard InChI is InChI=1S/C47H42Br2N2/c1-30-3-12-40(13-4-30)50(41-14-5-31(2)6-15-41)44-26-35(34-7-20-46-36-22-32-21-33(23-36)25-37(24-32)47(46)28-34)27-45(29-44)51(42-16-8-38(48)9-17-42)43-18-10-39(49)11-19-43/h3-20,26-29,32-33,36-37H,21-25H2,1-2H3. The molecule has 4 aliphatic rings. The summed E-state index contributed by atoms with van der Waals surface area (Å²) in [6, 6.07) is 49.8. The van der Waals surface area contributed by atoms with Crippen LogP contribution in [0.15, 0.2) is 142 Å². The summed E-state index contributed by atoms with van der Waals surface area (Å²) in [5.41, 5.74) is 15.0. The maximum absolute atomic E-state index is 3.68.